The van der Waals surface area contributed by atoms with Gasteiger partial charge in [0.2, 0.25) is 0 Å². The Labute approximate surface area is 159 Å². The van der Waals surface area contributed by atoms with Gasteiger partial charge in [-0.25, -0.2) is 0 Å². The van der Waals surface area contributed by atoms with E-state index in [0.29, 0.717) is 22.8 Å². The van der Waals surface area contributed by atoms with Gasteiger partial charge in [0.15, 0.2) is 5.69 Å². The zero-order valence-electron chi connectivity index (χ0n) is 12.3. The molecule has 0 saturated heterocycles. The van der Waals surface area contributed by atoms with Crippen LogP contribution in [0.4, 0.5) is 11.4 Å². The van der Waals surface area contributed by atoms with Gasteiger partial charge < -0.3 is 0 Å². The Morgan fingerprint density at radius 1 is 0.875 bits per heavy atom. The van der Waals surface area contributed by atoms with Crippen LogP contribution in [0.25, 0.3) is 0 Å². The number of nitrogens with one attached hydrogen (secondary N) is 2. The molecule has 0 aliphatic rings. The third-order valence-electron chi connectivity index (χ3n) is 3.12. The second kappa shape index (κ2) is 7.96. The molecule has 0 saturated carbocycles. The molecule has 0 bridgehead atoms. The van der Waals surface area contributed by atoms with E-state index in [-0.39, 0.29) is 5.56 Å². The largest absolute Gasteiger partial charge is 0.299 e. The SMILES string of the molecule is O=c1[nH][nH]c(CSc2ccc(Br)cc2)c1N=Nc1ccc(Br)cc1. The summed E-state index contributed by atoms with van der Waals surface area (Å²) >= 11 is 8.39. The molecule has 0 aliphatic heterocycles. The molecular formula is C16H12Br2N4OS. The zero-order valence-corrected chi connectivity index (χ0v) is 16.3. The van der Waals surface area contributed by atoms with Gasteiger partial charge in [-0.05, 0) is 48.5 Å². The highest BCUT2D eigenvalue weighted by Gasteiger charge is 2.10. The minimum absolute atomic E-state index is 0.276. The fraction of sp³-hybridized carbons (Fsp3) is 0.0625. The summed E-state index contributed by atoms with van der Waals surface area (Å²) in [5.74, 6) is 0.592. The number of rotatable bonds is 5. The van der Waals surface area contributed by atoms with E-state index in [1.54, 1.807) is 11.8 Å². The van der Waals surface area contributed by atoms with Gasteiger partial charge in [0.05, 0.1) is 11.4 Å². The number of azo groups is 1. The maximum Gasteiger partial charge on any atom is 0.292 e. The summed E-state index contributed by atoms with van der Waals surface area (Å²) in [5.41, 5.74) is 1.43. The molecule has 24 heavy (non-hydrogen) atoms. The zero-order chi connectivity index (χ0) is 16.9. The first-order valence-electron chi connectivity index (χ1n) is 6.97. The molecule has 8 heteroatoms. The summed E-state index contributed by atoms with van der Waals surface area (Å²) in [6, 6.07) is 15.4. The number of hydrogen-bond donors (Lipinski definition) is 2. The molecule has 3 aromatic rings. The van der Waals surface area contributed by atoms with Gasteiger partial charge >= 0.3 is 0 Å². The van der Waals surface area contributed by atoms with Crippen molar-refractivity contribution in [3.8, 4) is 0 Å². The Morgan fingerprint density at radius 3 is 2.17 bits per heavy atom. The third kappa shape index (κ3) is 4.46. The van der Waals surface area contributed by atoms with Gasteiger partial charge in [-0.1, -0.05) is 31.9 Å². The van der Waals surface area contributed by atoms with Gasteiger partial charge in [-0.2, -0.15) is 5.11 Å². The van der Waals surface area contributed by atoms with Crippen LogP contribution in [0.3, 0.4) is 0 Å². The third-order valence-corrected chi connectivity index (χ3v) is 5.21. The lowest BCUT2D eigenvalue weighted by Crippen LogP contribution is -1.96. The molecule has 2 aromatic carbocycles. The van der Waals surface area contributed by atoms with E-state index in [1.807, 2.05) is 48.5 Å². The van der Waals surface area contributed by atoms with Crippen molar-refractivity contribution in [2.24, 2.45) is 10.2 Å². The molecule has 0 unspecified atom stereocenters. The molecule has 3 rings (SSSR count). The molecule has 0 fully saturated rings. The monoisotopic (exact) mass is 466 g/mol. The molecule has 2 N–H and O–H groups in total. The molecule has 0 atom stereocenters. The van der Waals surface area contributed by atoms with Gasteiger partial charge in [0.25, 0.3) is 5.56 Å². The van der Waals surface area contributed by atoms with Crippen molar-refractivity contribution >= 4 is 55.0 Å². The van der Waals surface area contributed by atoms with Crippen LogP contribution < -0.4 is 5.56 Å². The standard InChI is InChI=1S/C16H12Br2N4OS/c17-10-1-5-12(6-2-10)19-21-15-14(20-22-16(15)23)9-24-13-7-3-11(18)4-8-13/h1-8H,9H2,(H2,20,22,23). The van der Waals surface area contributed by atoms with E-state index in [9.17, 15) is 4.79 Å². The summed E-state index contributed by atoms with van der Waals surface area (Å²) in [7, 11) is 0. The van der Waals surface area contributed by atoms with Crippen LogP contribution in [0.1, 0.15) is 5.69 Å². The summed E-state index contributed by atoms with van der Waals surface area (Å²) in [6.45, 7) is 0. The minimum Gasteiger partial charge on any atom is -0.299 e. The lowest BCUT2D eigenvalue weighted by molar-refractivity contribution is 1.01. The van der Waals surface area contributed by atoms with Crippen LogP contribution in [0.15, 0.2) is 77.4 Å². The van der Waals surface area contributed by atoms with Crippen molar-refractivity contribution in [2.75, 3.05) is 0 Å². The number of nitrogens with zero attached hydrogens (tertiary/aromatic N) is 2. The number of hydrogen-bond acceptors (Lipinski definition) is 4. The smallest absolute Gasteiger partial charge is 0.292 e. The topological polar surface area (TPSA) is 73.4 Å². The van der Waals surface area contributed by atoms with Gasteiger partial charge in [0, 0.05) is 19.6 Å². The van der Waals surface area contributed by atoms with E-state index in [0.717, 1.165) is 13.8 Å². The van der Waals surface area contributed by atoms with Crippen LogP contribution in [-0.4, -0.2) is 10.2 Å². The Kier molecular flexibility index (Phi) is 5.70. The van der Waals surface area contributed by atoms with Crippen LogP contribution in [0.2, 0.25) is 0 Å². The molecular weight excluding hydrogens is 456 g/mol. The molecule has 0 radical (unpaired) electrons. The second-order valence-corrected chi connectivity index (χ2v) is 7.71. The number of aromatic nitrogens is 2. The summed E-state index contributed by atoms with van der Waals surface area (Å²) in [5, 5.41) is 13.7. The van der Waals surface area contributed by atoms with Crippen molar-refractivity contribution in [2.45, 2.75) is 10.6 Å². The maximum atomic E-state index is 11.9. The molecule has 1 aromatic heterocycles. The molecule has 5 nitrogen and oxygen atoms in total. The summed E-state index contributed by atoms with van der Waals surface area (Å²) in [6.07, 6.45) is 0. The highest BCUT2D eigenvalue weighted by atomic mass is 79.9. The molecule has 0 aliphatic carbocycles. The van der Waals surface area contributed by atoms with Crippen molar-refractivity contribution in [3.63, 3.8) is 0 Å². The number of aromatic amines is 2. The Bertz CT molecular complexity index is 901. The second-order valence-electron chi connectivity index (χ2n) is 4.83. The maximum absolute atomic E-state index is 11.9. The van der Waals surface area contributed by atoms with Gasteiger partial charge in [-0.15, -0.1) is 16.9 Å². The van der Waals surface area contributed by atoms with Crippen LogP contribution in [-0.2, 0) is 5.75 Å². The highest BCUT2D eigenvalue weighted by molar-refractivity contribution is 9.10. The first-order chi connectivity index (χ1) is 11.6. The normalized spacial score (nSPS) is 11.2. The average molecular weight is 468 g/mol. The minimum atomic E-state index is -0.276. The number of halogens is 2. The lowest BCUT2D eigenvalue weighted by atomic mass is 10.3. The first-order valence-corrected chi connectivity index (χ1v) is 9.54. The Balaban J connectivity index is 1.74. The highest BCUT2D eigenvalue weighted by Crippen LogP contribution is 2.27. The van der Waals surface area contributed by atoms with Gasteiger partial charge in [-0.3, -0.25) is 15.0 Å². The predicted octanol–water partition coefficient (Wildman–Crippen LogP) is 5.94. The van der Waals surface area contributed by atoms with Crippen molar-refractivity contribution in [1.82, 2.24) is 10.2 Å². The van der Waals surface area contributed by atoms with E-state index < -0.39 is 0 Å². The van der Waals surface area contributed by atoms with E-state index in [2.05, 4.69) is 52.3 Å². The fourth-order valence-electron chi connectivity index (χ4n) is 1.90. The Hall–Kier alpha value is -1.64. The molecule has 0 amide bonds. The average Bonchev–Trinajstić information content (AvgIpc) is 2.94. The lowest BCUT2D eigenvalue weighted by Gasteiger charge is -2.00. The molecule has 0 spiro atoms. The predicted molar refractivity (Wildman–Crippen MR) is 103 cm³/mol. The van der Waals surface area contributed by atoms with E-state index >= 15 is 0 Å². The molecule has 1 heterocycles. The number of H-pyrrole nitrogens is 2. The van der Waals surface area contributed by atoms with Crippen LogP contribution >= 0.6 is 43.6 Å². The fourth-order valence-corrected chi connectivity index (χ4v) is 3.28. The molecule has 122 valence electrons. The quantitative estimate of drug-likeness (QED) is 0.360. The van der Waals surface area contributed by atoms with Gasteiger partial charge in [0.1, 0.15) is 0 Å². The van der Waals surface area contributed by atoms with Crippen LogP contribution in [0, 0.1) is 0 Å². The number of thioether (sulfide) groups is 1. The van der Waals surface area contributed by atoms with Crippen molar-refractivity contribution in [1.29, 1.82) is 0 Å². The summed E-state index contributed by atoms with van der Waals surface area (Å²) < 4.78 is 2.00. The first kappa shape index (κ1) is 17.2. The summed E-state index contributed by atoms with van der Waals surface area (Å²) in [4.78, 5) is 13.0. The van der Waals surface area contributed by atoms with E-state index in [1.165, 1.54) is 0 Å². The number of benzene rings is 2. The Morgan fingerprint density at radius 2 is 1.50 bits per heavy atom. The van der Waals surface area contributed by atoms with Crippen molar-refractivity contribution < 1.29 is 0 Å². The van der Waals surface area contributed by atoms with E-state index in [4.69, 9.17) is 0 Å². The van der Waals surface area contributed by atoms with Crippen molar-refractivity contribution in [3.05, 3.63) is 73.5 Å². The van der Waals surface area contributed by atoms with Crippen LogP contribution in [0.5, 0.6) is 0 Å².